The average molecular weight is 558 g/mol. The molecule has 1 aromatic carbocycles. The molecule has 0 bridgehead atoms. The Morgan fingerprint density at radius 2 is 1.91 bits per heavy atom. The Morgan fingerprint density at radius 3 is 2.59 bits per heavy atom. The summed E-state index contributed by atoms with van der Waals surface area (Å²) in [6.45, 7) is 10.1. The van der Waals surface area contributed by atoms with Gasteiger partial charge in [-0.25, -0.2) is 4.99 Å². The van der Waals surface area contributed by atoms with Gasteiger partial charge in [-0.05, 0) is 37.6 Å². The van der Waals surface area contributed by atoms with E-state index >= 15 is 0 Å². The molecule has 2 aliphatic heterocycles. The van der Waals surface area contributed by atoms with E-state index in [0.29, 0.717) is 25.2 Å². The van der Waals surface area contributed by atoms with Crippen LogP contribution in [0.3, 0.4) is 0 Å². The number of halogens is 1. The van der Waals surface area contributed by atoms with E-state index in [1.54, 1.807) is 4.90 Å². The Labute approximate surface area is 207 Å². The highest BCUT2D eigenvalue weighted by Gasteiger charge is 2.22. The number of morpholine rings is 1. The molecular formula is C22H35IN6O3. The molecule has 0 radical (unpaired) electrons. The summed E-state index contributed by atoms with van der Waals surface area (Å²) >= 11 is 0. The number of guanidine groups is 1. The van der Waals surface area contributed by atoms with Crippen molar-refractivity contribution in [2.24, 2.45) is 4.99 Å². The molecular weight excluding hydrogens is 523 g/mol. The molecule has 2 heterocycles. The van der Waals surface area contributed by atoms with E-state index in [1.807, 2.05) is 31.2 Å². The Balaban J connectivity index is 0.00000363. The van der Waals surface area contributed by atoms with E-state index < -0.39 is 0 Å². The van der Waals surface area contributed by atoms with Crippen LogP contribution in [-0.2, 0) is 16.1 Å². The zero-order valence-electron chi connectivity index (χ0n) is 18.8. The van der Waals surface area contributed by atoms with Crippen molar-refractivity contribution in [3.05, 3.63) is 35.4 Å². The molecule has 0 unspecified atom stereocenters. The molecule has 2 aliphatic rings. The first-order valence-corrected chi connectivity index (χ1v) is 11.1. The maximum absolute atomic E-state index is 12.6. The number of nitrogens with one attached hydrogen (secondary N) is 3. The molecule has 0 spiro atoms. The van der Waals surface area contributed by atoms with Crippen LogP contribution < -0.4 is 16.0 Å². The fourth-order valence-corrected chi connectivity index (χ4v) is 3.59. The van der Waals surface area contributed by atoms with E-state index in [2.05, 4.69) is 25.8 Å². The van der Waals surface area contributed by atoms with Crippen LogP contribution >= 0.6 is 24.0 Å². The van der Waals surface area contributed by atoms with Gasteiger partial charge in [0.1, 0.15) is 0 Å². The van der Waals surface area contributed by atoms with E-state index in [0.717, 1.165) is 63.9 Å². The van der Waals surface area contributed by atoms with Crippen molar-refractivity contribution in [2.45, 2.75) is 19.9 Å². The zero-order chi connectivity index (χ0) is 21.9. The number of nitrogens with zero attached hydrogens (tertiary/aromatic N) is 3. The van der Waals surface area contributed by atoms with Crippen LogP contribution in [0.15, 0.2) is 29.3 Å². The second-order valence-corrected chi connectivity index (χ2v) is 7.70. The first-order valence-electron chi connectivity index (χ1n) is 11.1. The molecule has 0 saturated carbocycles. The number of benzene rings is 1. The Morgan fingerprint density at radius 1 is 1.16 bits per heavy atom. The molecule has 0 aliphatic carbocycles. The lowest BCUT2D eigenvalue weighted by Crippen LogP contribution is -2.49. The third-order valence-electron chi connectivity index (χ3n) is 5.34. The van der Waals surface area contributed by atoms with Crippen LogP contribution in [0, 0.1) is 0 Å². The molecule has 9 nitrogen and oxygen atoms in total. The van der Waals surface area contributed by atoms with Gasteiger partial charge in [0.25, 0.3) is 5.91 Å². The minimum Gasteiger partial charge on any atom is -0.379 e. The third kappa shape index (κ3) is 8.55. The van der Waals surface area contributed by atoms with Gasteiger partial charge in [-0.15, -0.1) is 24.0 Å². The number of carbonyl (C=O) groups excluding carboxylic acids is 2. The van der Waals surface area contributed by atoms with Gasteiger partial charge in [0.05, 0.1) is 26.3 Å². The molecule has 0 aromatic heterocycles. The quantitative estimate of drug-likeness (QED) is 0.188. The molecule has 0 atom stereocenters. The first-order chi connectivity index (χ1) is 15.2. The summed E-state index contributed by atoms with van der Waals surface area (Å²) < 4.78 is 5.38. The van der Waals surface area contributed by atoms with Gasteiger partial charge >= 0.3 is 0 Å². The molecule has 2 saturated heterocycles. The molecule has 10 heteroatoms. The number of rotatable bonds is 8. The van der Waals surface area contributed by atoms with E-state index in [1.165, 1.54) is 0 Å². The average Bonchev–Trinajstić information content (AvgIpc) is 2.81. The smallest absolute Gasteiger partial charge is 0.254 e. The summed E-state index contributed by atoms with van der Waals surface area (Å²) in [6.07, 6.45) is 1.05. The summed E-state index contributed by atoms with van der Waals surface area (Å²) in [5.74, 6) is 0.572. The first kappa shape index (κ1) is 26.3. The lowest BCUT2D eigenvalue weighted by atomic mass is 10.1. The standard InChI is InChI=1S/C22H34N6O3.HI/c1-2-23-22(25-8-3-10-27-12-14-31-15-13-27)26-16-18-4-6-19(7-5-18)21(30)28-11-9-24-20(29)17-28;/h4-7H,2-3,8-17H2,1H3,(H,24,29)(H2,23,25,26);1H. The number of amides is 2. The fraction of sp³-hybridized carbons (Fsp3) is 0.591. The molecule has 2 amide bonds. The van der Waals surface area contributed by atoms with Crippen LogP contribution in [0.4, 0.5) is 0 Å². The van der Waals surface area contributed by atoms with Crippen molar-refractivity contribution in [3.63, 3.8) is 0 Å². The van der Waals surface area contributed by atoms with Crippen LogP contribution in [-0.4, -0.2) is 93.1 Å². The fourth-order valence-electron chi connectivity index (χ4n) is 3.59. The van der Waals surface area contributed by atoms with E-state index in [4.69, 9.17) is 4.74 Å². The van der Waals surface area contributed by atoms with Crippen LogP contribution in [0.5, 0.6) is 0 Å². The van der Waals surface area contributed by atoms with Gasteiger partial charge in [0.2, 0.25) is 5.91 Å². The number of aliphatic imine (C=N–C) groups is 1. The maximum atomic E-state index is 12.6. The van der Waals surface area contributed by atoms with Gasteiger partial charge in [-0.2, -0.15) is 0 Å². The van der Waals surface area contributed by atoms with Gasteiger partial charge in [-0.1, -0.05) is 12.1 Å². The van der Waals surface area contributed by atoms with E-state index in [-0.39, 0.29) is 42.3 Å². The number of carbonyl (C=O) groups is 2. The van der Waals surface area contributed by atoms with Crippen molar-refractivity contribution in [2.75, 3.05) is 65.6 Å². The van der Waals surface area contributed by atoms with Gasteiger partial charge in [-0.3, -0.25) is 14.5 Å². The van der Waals surface area contributed by atoms with Crippen LogP contribution in [0.2, 0.25) is 0 Å². The van der Waals surface area contributed by atoms with Gasteiger partial charge < -0.3 is 25.6 Å². The largest absolute Gasteiger partial charge is 0.379 e. The van der Waals surface area contributed by atoms with Crippen molar-refractivity contribution < 1.29 is 14.3 Å². The zero-order valence-corrected chi connectivity index (χ0v) is 21.1. The van der Waals surface area contributed by atoms with Crippen LogP contribution in [0.25, 0.3) is 0 Å². The highest BCUT2D eigenvalue weighted by atomic mass is 127. The summed E-state index contributed by atoms with van der Waals surface area (Å²) in [5.41, 5.74) is 1.62. The summed E-state index contributed by atoms with van der Waals surface area (Å²) in [5, 5.41) is 9.40. The third-order valence-corrected chi connectivity index (χ3v) is 5.34. The molecule has 32 heavy (non-hydrogen) atoms. The lowest BCUT2D eigenvalue weighted by molar-refractivity contribution is -0.123. The minimum absolute atomic E-state index is 0. The topological polar surface area (TPSA) is 98.3 Å². The molecule has 2 fully saturated rings. The van der Waals surface area contributed by atoms with Crippen molar-refractivity contribution >= 4 is 41.8 Å². The molecule has 3 rings (SSSR count). The van der Waals surface area contributed by atoms with Crippen molar-refractivity contribution in [1.29, 1.82) is 0 Å². The second kappa shape index (κ2) is 14.3. The van der Waals surface area contributed by atoms with Gasteiger partial charge in [0.15, 0.2) is 5.96 Å². The SMILES string of the molecule is CCNC(=NCc1ccc(C(=O)N2CCNC(=O)C2)cc1)NCCCN1CCOCC1.I. The Kier molecular flexibility index (Phi) is 11.7. The molecule has 1 aromatic rings. The van der Waals surface area contributed by atoms with Crippen molar-refractivity contribution in [1.82, 2.24) is 25.8 Å². The maximum Gasteiger partial charge on any atom is 0.254 e. The number of hydrogen-bond donors (Lipinski definition) is 3. The Bertz CT molecular complexity index is 753. The summed E-state index contributed by atoms with van der Waals surface area (Å²) in [4.78, 5) is 32.7. The highest BCUT2D eigenvalue weighted by molar-refractivity contribution is 14.0. The minimum atomic E-state index is -0.112. The predicted molar refractivity (Wildman–Crippen MR) is 135 cm³/mol. The van der Waals surface area contributed by atoms with Gasteiger partial charge in [0, 0.05) is 44.8 Å². The van der Waals surface area contributed by atoms with E-state index in [9.17, 15) is 9.59 Å². The summed E-state index contributed by atoms with van der Waals surface area (Å²) in [6, 6.07) is 7.45. The second-order valence-electron chi connectivity index (χ2n) is 7.70. The normalized spacial score (nSPS) is 17.3. The van der Waals surface area contributed by atoms with Crippen LogP contribution in [0.1, 0.15) is 29.3 Å². The number of ether oxygens (including phenoxy) is 1. The lowest BCUT2D eigenvalue weighted by Gasteiger charge is -2.26. The van der Waals surface area contributed by atoms with Crippen molar-refractivity contribution in [3.8, 4) is 0 Å². The predicted octanol–water partition coefficient (Wildman–Crippen LogP) is 0.654. The summed E-state index contributed by atoms with van der Waals surface area (Å²) in [7, 11) is 0. The molecule has 3 N–H and O–H groups in total. The highest BCUT2D eigenvalue weighted by Crippen LogP contribution is 2.10. The Hall–Kier alpha value is -1.92. The molecule has 178 valence electrons. The number of piperazine rings is 1. The monoisotopic (exact) mass is 558 g/mol. The number of hydrogen-bond acceptors (Lipinski definition) is 5.